The van der Waals surface area contributed by atoms with Gasteiger partial charge in [0, 0.05) is 0 Å². The van der Waals surface area contributed by atoms with E-state index >= 15 is 0 Å². The van der Waals surface area contributed by atoms with Crippen molar-refractivity contribution in [3.05, 3.63) is 0 Å². The molecule has 0 radical (unpaired) electrons. The number of phosphoric acid groups is 1. The summed E-state index contributed by atoms with van der Waals surface area (Å²) in [6.45, 7) is 4.28. The van der Waals surface area contributed by atoms with Gasteiger partial charge < -0.3 is 9.79 Å². The van der Waals surface area contributed by atoms with Crippen LogP contribution in [-0.2, 0) is 9.09 Å². The minimum Gasteiger partial charge on any atom is -0.303 e. The van der Waals surface area contributed by atoms with Crippen LogP contribution in [0, 0.1) is 5.92 Å². The van der Waals surface area contributed by atoms with Crippen LogP contribution in [-0.4, -0.2) is 16.4 Å². The first-order chi connectivity index (χ1) is 5.45. The van der Waals surface area contributed by atoms with E-state index in [-0.39, 0.29) is 6.61 Å². The molecule has 0 aromatic heterocycles. The molecule has 0 rings (SSSR count). The van der Waals surface area contributed by atoms with Crippen molar-refractivity contribution in [1.29, 1.82) is 0 Å². The van der Waals surface area contributed by atoms with Gasteiger partial charge in [-0.2, -0.15) is 0 Å². The van der Waals surface area contributed by atoms with Crippen LogP contribution in [0.4, 0.5) is 0 Å². The zero-order valence-electron chi connectivity index (χ0n) is 7.56. The Morgan fingerprint density at radius 2 is 2.00 bits per heavy atom. The van der Waals surface area contributed by atoms with Gasteiger partial charge in [0.05, 0.1) is 6.61 Å². The second kappa shape index (κ2) is 5.70. The van der Waals surface area contributed by atoms with Crippen molar-refractivity contribution in [1.82, 2.24) is 0 Å². The molecular weight excluding hydrogens is 179 g/mol. The average molecular weight is 196 g/mol. The molecule has 0 spiro atoms. The number of hydrogen-bond acceptors (Lipinski definition) is 2. The molecule has 0 aliphatic rings. The number of hydrogen-bond donors (Lipinski definition) is 2. The molecule has 1 unspecified atom stereocenters. The van der Waals surface area contributed by atoms with Gasteiger partial charge in [0.1, 0.15) is 0 Å². The van der Waals surface area contributed by atoms with Crippen molar-refractivity contribution in [2.45, 2.75) is 33.1 Å². The van der Waals surface area contributed by atoms with Gasteiger partial charge in [-0.15, -0.1) is 0 Å². The first kappa shape index (κ1) is 12.1. The molecule has 0 aliphatic carbocycles. The van der Waals surface area contributed by atoms with E-state index in [4.69, 9.17) is 9.79 Å². The minimum atomic E-state index is -4.24. The molecule has 4 nitrogen and oxygen atoms in total. The summed E-state index contributed by atoms with van der Waals surface area (Å²) in [7, 11) is -4.24. The molecule has 74 valence electrons. The summed E-state index contributed by atoms with van der Waals surface area (Å²) in [5.74, 6) is 0.474. The maximum Gasteiger partial charge on any atom is 0.469 e. The number of rotatable bonds is 6. The lowest BCUT2D eigenvalue weighted by atomic mass is 10.0. The molecule has 5 heteroatoms. The SMILES string of the molecule is CCCC(C)CCOP(=O)(O)O. The van der Waals surface area contributed by atoms with Crippen LogP contribution in [0.1, 0.15) is 33.1 Å². The van der Waals surface area contributed by atoms with Crippen LogP contribution in [0.2, 0.25) is 0 Å². The lowest BCUT2D eigenvalue weighted by Gasteiger charge is -2.10. The van der Waals surface area contributed by atoms with Gasteiger partial charge in [0.25, 0.3) is 0 Å². The summed E-state index contributed by atoms with van der Waals surface area (Å²) in [4.78, 5) is 16.7. The van der Waals surface area contributed by atoms with Gasteiger partial charge in [0.2, 0.25) is 0 Å². The lowest BCUT2D eigenvalue weighted by Crippen LogP contribution is -2.00. The Labute approximate surface area is 73.2 Å². The first-order valence-electron chi connectivity index (χ1n) is 4.15. The smallest absolute Gasteiger partial charge is 0.303 e. The Bertz CT molecular complexity index is 153. The maximum absolute atomic E-state index is 10.2. The fourth-order valence-corrected chi connectivity index (χ4v) is 1.35. The Balaban J connectivity index is 3.37. The quantitative estimate of drug-likeness (QED) is 0.637. The molecule has 2 N–H and O–H groups in total. The van der Waals surface area contributed by atoms with Crippen molar-refractivity contribution >= 4 is 7.82 Å². The van der Waals surface area contributed by atoms with Crippen LogP contribution in [0.5, 0.6) is 0 Å². The van der Waals surface area contributed by atoms with Crippen molar-refractivity contribution in [2.24, 2.45) is 5.92 Å². The highest BCUT2D eigenvalue weighted by Crippen LogP contribution is 2.36. The lowest BCUT2D eigenvalue weighted by molar-refractivity contribution is 0.185. The van der Waals surface area contributed by atoms with Crippen LogP contribution in [0.3, 0.4) is 0 Å². The maximum atomic E-state index is 10.2. The molecule has 12 heavy (non-hydrogen) atoms. The van der Waals surface area contributed by atoms with Crippen LogP contribution >= 0.6 is 7.82 Å². The van der Waals surface area contributed by atoms with E-state index < -0.39 is 7.82 Å². The Kier molecular flexibility index (Phi) is 5.76. The van der Waals surface area contributed by atoms with Gasteiger partial charge in [-0.05, 0) is 12.3 Å². The normalized spacial score (nSPS) is 14.7. The van der Waals surface area contributed by atoms with E-state index in [1.165, 1.54) is 0 Å². The van der Waals surface area contributed by atoms with Gasteiger partial charge in [0.15, 0.2) is 0 Å². The largest absolute Gasteiger partial charge is 0.469 e. The molecule has 0 aliphatic heterocycles. The summed E-state index contributed by atoms with van der Waals surface area (Å²) in [6.07, 6.45) is 2.88. The Morgan fingerprint density at radius 1 is 1.42 bits per heavy atom. The van der Waals surface area contributed by atoms with E-state index in [1.807, 2.05) is 6.92 Å². The van der Waals surface area contributed by atoms with Crippen molar-refractivity contribution < 1.29 is 18.9 Å². The molecule has 0 saturated heterocycles. The van der Waals surface area contributed by atoms with Crippen LogP contribution in [0.25, 0.3) is 0 Å². The minimum absolute atomic E-state index is 0.144. The molecular formula is C7H17O4P. The first-order valence-corrected chi connectivity index (χ1v) is 5.69. The fraction of sp³-hybridized carbons (Fsp3) is 1.00. The molecule has 0 saturated carbocycles. The van der Waals surface area contributed by atoms with E-state index in [2.05, 4.69) is 11.4 Å². The molecule has 0 bridgehead atoms. The van der Waals surface area contributed by atoms with Crippen molar-refractivity contribution in [3.8, 4) is 0 Å². The van der Waals surface area contributed by atoms with Gasteiger partial charge in [-0.25, -0.2) is 4.57 Å². The van der Waals surface area contributed by atoms with Gasteiger partial charge in [-0.1, -0.05) is 26.7 Å². The predicted octanol–water partition coefficient (Wildman–Crippen LogP) is 1.92. The van der Waals surface area contributed by atoms with E-state index in [9.17, 15) is 4.57 Å². The number of phosphoric ester groups is 1. The summed E-state index contributed by atoms with van der Waals surface area (Å²) in [6, 6.07) is 0. The third-order valence-corrected chi connectivity index (χ3v) is 2.17. The molecule has 0 amide bonds. The summed E-state index contributed by atoms with van der Waals surface area (Å²) < 4.78 is 14.6. The summed E-state index contributed by atoms with van der Waals surface area (Å²) in [5, 5.41) is 0. The third-order valence-electron chi connectivity index (χ3n) is 1.65. The molecule has 0 fully saturated rings. The highest BCUT2D eigenvalue weighted by molar-refractivity contribution is 7.46. The van der Waals surface area contributed by atoms with E-state index in [0.717, 1.165) is 12.8 Å². The Hall–Kier alpha value is 0.110. The zero-order valence-corrected chi connectivity index (χ0v) is 8.46. The van der Waals surface area contributed by atoms with E-state index in [0.29, 0.717) is 12.3 Å². The second-order valence-electron chi connectivity index (χ2n) is 3.01. The van der Waals surface area contributed by atoms with Crippen molar-refractivity contribution in [2.75, 3.05) is 6.61 Å². The van der Waals surface area contributed by atoms with E-state index in [1.54, 1.807) is 0 Å². The average Bonchev–Trinajstić information content (AvgIpc) is 1.84. The monoisotopic (exact) mass is 196 g/mol. The van der Waals surface area contributed by atoms with Crippen LogP contribution < -0.4 is 0 Å². The van der Waals surface area contributed by atoms with Crippen molar-refractivity contribution in [3.63, 3.8) is 0 Å². The standard InChI is InChI=1S/C7H17O4P/c1-3-4-7(2)5-6-11-12(8,9)10/h7H,3-6H2,1-2H3,(H2,8,9,10). The fourth-order valence-electron chi connectivity index (χ4n) is 1.01. The van der Waals surface area contributed by atoms with Crippen LogP contribution in [0.15, 0.2) is 0 Å². The molecule has 1 atom stereocenters. The topological polar surface area (TPSA) is 66.8 Å². The Morgan fingerprint density at radius 3 is 2.42 bits per heavy atom. The predicted molar refractivity (Wildman–Crippen MR) is 46.7 cm³/mol. The molecule has 0 heterocycles. The van der Waals surface area contributed by atoms with Gasteiger partial charge >= 0.3 is 7.82 Å². The summed E-state index contributed by atoms with van der Waals surface area (Å²) in [5.41, 5.74) is 0. The second-order valence-corrected chi connectivity index (χ2v) is 4.25. The molecule has 0 aromatic carbocycles. The van der Waals surface area contributed by atoms with Gasteiger partial charge in [-0.3, -0.25) is 4.52 Å². The zero-order chi connectivity index (χ0) is 9.61. The molecule has 0 aromatic rings. The summed E-state index contributed by atoms with van der Waals surface area (Å²) >= 11 is 0. The highest BCUT2D eigenvalue weighted by Gasteiger charge is 2.13. The highest BCUT2D eigenvalue weighted by atomic mass is 31.2. The third kappa shape index (κ3) is 8.21.